The van der Waals surface area contributed by atoms with E-state index in [2.05, 4.69) is 22.2 Å². The molecule has 1 fully saturated rings. The molecule has 0 bridgehead atoms. The van der Waals surface area contributed by atoms with Gasteiger partial charge in [0.25, 0.3) is 5.91 Å². The number of pyridine rings is 2. The number of ether oxygens (including phenoxy) is 1. The van der Waals surface area contributed by atoms with E-state index in [9.17, 15) is 13.6 Å². The highest BCUT2D eigenvalue weighted by molar-refractivity contribution is 6.03. The first kappa shape index (κ1) is 22.8. The Labute approximate surface area is 191 Å². The van der Waals surface area contributed by atoms with Crippen LogP contribution >= 0.6 is 0 Å². The molecule has 2 heterocycles. The first-order valence-corrected chi connectivity index (χ1v) is 10.9. The van der Waals surface area contributed by atoms with Gasteiger partial charge < -0.3 is 15.8 Å². The lowest BCUT2D eigenvalue weighted by Gasteiger charge is -2.32. The number of hydrogen-bond donors (Lipinski definition) is 2. The van der Waals surface area contributed by atoms with Crippen LogP contribution in [-0.4, -0.2) is 29.0 Å². The van der Waals surface area contributed by atoms with Gasteiger partial charge in [0.2, 0.25) is 0 Å². The fourth-order valence-corrected chi connectivity index (χ4v) is 4.53. The molecule has 0 saturated heterocycles. The topological polar surface area (TPSA) is 90.1 Å². The number of benzene rings is 1. The summed E-state index contributed by atoms with van der Waals surface area (Å²) < 4.78 is 34.0. The van der Waals surface area contributed by atoms with Crippen LogP contribution in [0.25, 0.3) is 11.3 Å². The van der Waals surface area contributed by atoms with Crippen molar-refractivity contribution in [3.05, 3.63) is 71.7 Å². The van der Waals surface area contributed by atoms with Gasteiger partial charge in [-0.2, -0.15) is 0 Å². The molecule has 3 N–H and O–H groups in total. The van der Waals surface area contributed by atoms with Crippen molar-refractivity contribution in [2.24, 2.45) is 11.7 Å². The molecule has 1 aliphatic rings. The Balaban J connectivity index is 1.63. The molecular formula is C25H26F2N4O2. The van der Waals surface area contributed by atoms with Crippen LogP contribution in [0.2, 0.25) is 0 Å². The molecular weight excluding hydrogens is 426 g/mol. The second-order valence-corrected chi connectivity index (χ2v) is 8.56. The summed E-state index contributed by atoms with van der Waals surface area (Å²) in [7, 11) is 1.43. The van der Waals surface area contributed by atoms with Crippen molar-refractivity contribution < 1.29 is 18.3 Å². The molecule has 2 aromatic heterocycles. The minimum atomic E-state index is -0.744. The number of amides is 1. The van der Waals surface area contributed by atoms with Gasteiger partial charge in [-0.3, -0.25) is 9.78 Å². The number of hydrogen-bond acceptors (Lipinski definition) is 5. The number of carbonyl (C=O) groups excluding carboxylic acids is 1. The van der Waals surface area contributed by atoms with E-state index in [1.54, 1.807) is 12.4 Å². The highest BCUT2D eigenvalue weighted by atomic mass is 19.1. The van der Waals surface area contributed by atoms with E-state index in [1.807, 2.05) is 6.07 Å². The van der Waals surface area contributed by atoms with E-state index in [0.717, 1.165) is 30.9 Å². The number of methoxy groups -OCH3 is 1. The summed E-state index contributed by atoms with van der Waals surface area (Å²) in [6, 6.07) is 8.29. The minimum Gasteiger partial charge on any atom is -0.497 e. The van der Waals surface area contributed by atoms with Crippen LogP contribution in [0.5, 0.6) is 5.75 Å². The zero-order valence-electron chi connectivity index (χ0n) is 18.5. The van der Waals surface area contributed by atoms with Crippen LogP contribution in [-0.2, 0) is 0 Å². The third kappa shape index (κ3) is 5.01. The highest BCUT2D eigenvalue weighted by Gasteiger charge is 2.27. The van der Waals surface area contributed by atoms with Crippen LogP contribution in [0.15, 0.2) is 48.8 Å². The van der Waals surface area contributed by atoms with Gasteiger partial charge in [-0.05, 0) is 73.1 Å². The largest absolute Gasteiger partial charge is 0.497 e. The van der Waals surface area contributed by atoms with E-state index in [4.69, 9.17) is 10.5 Å². The maximum absolute atomic E-state index is 14.5. The fraction of sp³-hybridized carbons (Fsp3) is 0.320. The Morgan fingerprint density at radius 2 is 1.91 bits per heavy atom. The molecule has 0 aliphatic heterocycles. The lowest BCUT2D eigenvalue weighted by molar-refractivity contribution is 0.102. The molecule has 172 valence electrons. The average molecular weight is 453 g/mol. The molecule has 3 atom stereocenters. The summed E-state index contributed by atoms with van der Waals surface area (Å²) in [6.07, 6.45) is 6.05. The van der Waals surface area contributed by atoms with E-state index < -0.39 is 17.5 Å². The number of nitrogens with one attached hydrogen (secondary N) is 1. The molecule has 4 rings (SSSR count). The van der Waals surface area contributed by atoms with Gasteiger partial charge in [0.15, 0.2) is 0 Å². The highest BCUT2D eigenvalue weighted by Crippen LogP contribution is 2.38. The standard InChI is InChI=1S/C25H26F2N4O2/c1-14-9-15(11-16(28)10-14)18-7-8-29-13-23(18)31-25(32)22-6-5-21(27)24(30-22)19-12-17(33-2)3-4-20(19)26/h3-8,12-16H,9-11,28H2,1-2H3,(H,31,32)/t14-,15+,16+/m0/s1. The lowest BCUT2D eigenvalue weighted by Crippen LogP contribution is -2.31. The quantitative estimate of drug-likeness (QED) is 0.574. The molecule has 3 aromatic rings. The van der Waals surface area contributed by atoms with Crippen molar-refractivity contribution >= 4 is 11.6 Å². The fourth-order valence-electron chi connectivity index (χ4n) is 4.53. The van der Waals surface area contributed by atoms with Crippen LogP contribution in [0.1, 0.15) is 48.2 Å². The molecule has 1 aromatic carbocycles. The summed E-state index contributed by atoms with van der Waals surface area (Å²) >= 11 is 0. The van der Waals surface area contributed by atoms with Gasteiger partial charge >= 0.3 is 0 Å². The molecule has 0 unspecified atom stereocenters. The predicted octanol–water partition coefficient (Wildman–Crippen LogP) is 4.91. The van der Waals surface area contributed by atoms with Gasteiger partial charge in [-0.1, -0.05) is 6.92 Å². The van der Waals surface area contributed by atoms with Crippen molar-refractivity contribution in [1.29, 1.82) is 0 Å². The molecule has 0 spiro atoms. The second-order valence-electron chi connectivity index (χ2n) is 8.56. The van der Waals surface area contributed by atoms with E-state index >= 15 is 0 Å². The number of anilines is 1. The maximum Gasteiger partial charge on any atom is 0.274 e. The van der Waals surface area contributed by atoms with Crippen LogP contribution in [0, 0.1) is 17.6 Å². The Hall–Kier alpha value is -3.39. The summed E-state index contributed by atoms with van der Waals surface area (Å²) in [5, 5.41) is 2.84. The monoisotopic (exact) mass is 452 g/mol. The van der Waals surface area contributed by atoms with Crippen molar-refractivity contribution in [3.63, 3.8) is 0 Å². The van der Waals surface area contributed by atoms with Gasteiger partial charge in [0, 0.05) is 17.8 Å². The molecule has 0 radical (unpaired) electrons. The van der Waals surface area contributed by atoms with Crippen molar-refractivity contribution in [2.45, 2.75) is 38.1 Å². The zero-order valence-corrected chi connectivity index (χ0v) is 18.5. The molecule has 6 nitrogen and oxygen atoms in total. The van der Waals surface area contributed by atoms with Crippen molar-refractivity contribution in [3.8, 4) is 17.0 Å². The number of nitrogens with zero attached hydrogens (tertiary/aromatic N) is 2. The number of halogens is 2. The Morgan fingerprint density at radius 3 is 2.67 bits per heavy atom. The molecule has 33 heavy (non-hydrogen) atoms. The first-order valence-electron chi connectivity index (χ1n) is 10.9. The summed E-state index contributed by atoms with van der Waals surface area (Å²) in [5.74, 6) is -0.924. The first-order chi connectivity index (χ1) is 15.9. The van der Waals surface area contributed by atoms with Crippen molar-refractivity contribution in [2.75, 3.05) is 12.4 Å². The summed E-state index contributed by atoms with van der Waals surface area (Å²) in [5.41, 5.74) is 7.35. The summed E-state index contributed by atoms with van der Waals surface area (Å²) in [4.78, 5) is 21.3. The number of aromatic nitrogens is 2. The molecule has 1 saturated carbocycles. The zero-order chi connectivity index (χ0) is 23.5. The summed E-state index contributed by atoms with van der Waals surface area (Å²) in [6.45, 7) is 2.17. The van der Waals surface area contributed by atoms with Crippen LogP contribution < -0.4 is 15.8 Å². The van der Waals surface area contributed by atoms with Crippen molar-refractivity contribution in [1.82, 2.24) is 9.97 Å². The smallest absolute Gasteiger partial charge is 0.274 e. The van der Waals surface area contributed by atoms with E-state index in [-0.39, 0.29) is 28.9 Å². The maximum atomic E-state index is 14.5. The van der Waals surface area contributed by atoms with E-state index in [0.29, 0.717) is 17.4 Å². The van der Waals surface area contributed by atoms with E-state index in [1.165, 1.54) is 31.4 Å². The minimum absolute atomic E-state index is 0.0443. The average Bonchev–Trinajstić information content (AvgIpc) is 2.79. The van der Waals surface area contributed by atoms with Crippen LogP contribution in [0.3, 0.4) is 0 Å². The second kappa shape index (κ2) is 9.62. The van der Waals surface area contributed by atoms with Gasteiger partial charge in [-0.15, -0.1) is 0 Å². The Kier molecular flexibility index (Phi) is 6.65. The lowest BCUT2D eigenvalue weighted by atomic mass is 9.76. The normalized spacial score (nSPS) is 20.3. The number of rotatable bonds is 5. The third-order valence-corrected chi connectivity index (χ3v) is 6.03. The molecule has 1 aliphatic carbocycles. The Morgan fingerprint density at radius 1 is 1.12 bits per heavy atom. The number of nitrogens with two attached hydrogens (primary N) is 1. The van der Waals surface area contributed by atoms with Gasteiger partial charge in [0.05, 0.1) is 19.0 Å². The third-order valence-electron chi connectivity index (χ3n) is 6.03. The molecule has 1 amide bonds. The Bertz CT molecular complexity index is 1160. The SMILES string of the molecule is COc1ccc(F)c(-c2nc(C(=O)Nc3cnccc3[C@@H]3C[C@H](C)C[C@@H](N)C3)ccc2F)c1. The number of carbonyl (C=O) groups is 1. The predicted molar refractivity (Wildman–Crippen MR) is 122 cm³/mol. The van der Waals surface area contributed by atoms with Gasteiger partial charge in [0.1, 0.15) is 28.8 Å². The van der Waals surface area contributed by atoms with Crippen LogP contribution in [0.4, 0.5) is 14.5 Å². The van der Waals surface area contributed by atoms with Gasteiger partial charge in [-0.25, -0.2) is 13.8 Å². The molecule has 8 heteroatoms.